The summed E-state index contributed by atoms with van der Waals surface area (Å²) < 4.78 is 0. The van der Waals surface area contributed by atoms with Crippen LogP contribution in [0.3, 0.4) is 0 Å². The summed E-state index contributed by atoms with van der Waals surface area (Å²) in [4.78, 5) is 26.4. The van der Waals surface area contributed by atoms with Crippen molar-refractivity contribution in [3.8, 4) is 0 Å². The number of nitrogens with zero attached hydrogens (tertiary/aromatic N) is 3. The van der Waals surface area contributed by atoms with Crippen LogP contribution in [-0.2, 0) is 4.79 Å². The monoisotopic (exact) mass is 822 g/mol. The van der Waals surface area contributed by atoms with Gasteiger partial charge >= 0.3 is 5.90 Å². The summed E-state index contributed by atoms with van der Waals surface area (Å²) in [6, 6.07) is 17.4. The number of hydrogen-bond donors (Lipinski definition) is 3. The third-order valence-electron chi connectivity index (χ3n) is 11.7. The molecule has 2 aromatic carbocycles. The number of aliphatic hydroxyl groups excluding tert-OH is 1. The molecule has 0 spiro atoms. The largest absolute Gasteiger partial charge is 0.460 e. The Morgan fingerprint density at radius 1 is 0.655 bits per heavy atom. The zero-order valence-electron chi connectivity index (χ0n) is 35.7. The highest BCUT2D eigenvalue weighted by Gasteiger charge is 2.38. The molecule has 1 saturated carbocycles. The second-order valence-corrected chi connectivity index (χ2v) is 18.5. The first-order valence-electron chi connectivity index (χ1n) is 22.3. The van der Waals surface area contributed by atoms with Gasteiger partial charge in [-0.25, -0.2) is 4.90 Å². The van der Waals surface area contributed by atoms with E-state index in [0.29, 0.717) is 5.57 Å². The maximum Gasteiger partial charge on any atom is 0.375 e. The van der Waals surface area contributed by atoms with Crippen molar-refractivity contribution in [2.45, 2.75) is 146 Å². The van der Waals surface area contributed by atoms with Crippen LogP contribution >= 0.6 is 23.5 Å². The fourth-order valence-electron chi connectivity index (χ4n) is 8.38. The molecule has 58 heavy (non-hydrogen) atoms. The van der Waals surface area contributed by atoms with Crippen molar-refractivity contribution in [3.63, 3.8) is 0 Å². The fourth-order valence-corrected chi connectivity index (χ4v) is 10.6. The number of fused-ring (bicyclic) bond motifs is 2. The van der Waals surface area contributed by atoms with Crippen molar-refractivity contribution in [2.75, 3.05) is 37.0 Å². The van der Waals surface area contributed by atoms with Gasteiger partial charge in [-0.1, -0.05) is 164 Å². The molecule has 0 saturated heterocycles. The lowest BCUT2D eigenvalue weighted by molar-refractivity contribution is -0.545. The predicted octanol–water partition coefficient (Wildman–Crippen LogP) is 11.1. The molecule has 0 bridgehead atoms. The number of anilines is 2. The van der Waals surface area contributed by atoms with E-state index >= 15 is 0 Å². The smallest absolute Gasteiger partial charge is 0.375 e. The van der Waals surface area contributed by atoms with Crippen molar-refractivity contribution in [1.82, 2.24) is 10.2 Å². The Morgan fingerprint density at radius 3 is 1.52 bits per heavy atom. The van der Waals surface area contributed by atoms with Crippen LogP contribution in [-0.4, -0.2) is 55.3 Å². The Bertz CT molecular complexity index is 1780. The maximum atomic E-state index is 13.9. The average molecular weight is 823 g/mol. The van der Waals surface area contributed by atoms with Gasteiger partial charge in [0.25, 0.3) is 12.2 Å². The molecule has 312 valence electrons. The zero-order valence-corrected chi connectivity index (χ0v) is 37.3. The minimum atomic E-state index is -0.487. The number of aliphatic hydroxyl groups is 1. The Kier molecular flexibility index (Phi) is 17.1. The van der Waals surface area contributed by atoms with E-state index in [9.17, 15) is 9.90 Å². The van der Waals surface area contributed by atoms with Crippen molar-refractivity contribution < 1.29 is 14.9 Å². The standard InChI is InChI=1S/C49H67N5O2S2/c1-5-7-9-11-13-15-17-23-35-53-39-25-19-21-27-41(39)57-43(53)33-31-37-29-30-38(45(37)46-47(55)50-49(52(3)4)51-48(46)56)32-34-44-54(40-26-20-22-28-42(40)58-44)36-24-18-16-14-12-10-8-6-2/h19-22,25-28,31-34,49H,5-18,23-24,29-30,35-36H2,1-4H3,(H,50,55)(H,51,56)/p+1/b37-31+,38-32?,43-33-,44-34?,46-45?. The summed E-state index contributed by atoms with van der Waals surface area (Å²) in [5.41, 5.74) is 5.85. The summed E-state index contributed by atoms with van der Waals surface area (Å²) in [7, 11) is 3.75. The van der Waals surface area contributed by atoms with Gasteiger partial charge in [-0.05, 0) is 87.3 Å². The SMILES string of the molecule is CCCCCCCCCCN1C(=CC=C2CC/C(=C\C=C3/Sc4ccccc4N3CCCCCCCCCC)C2=C2C(=O)NC(N(C)C)[NH+]=C2O)Sc2ccccc21. The molecule has 7 nitrogen and oxygen atoms in total. The van der Waals surface area contributed by atoms with E-state index in [1.54, 1.807) is 0 Å². The Hall–Kier alpha value is -3.66. The van der Waals surface area contributed by atoms with Gasteiger partial charge in [-0.3, -0.25) is 10.1 Å². The number of unbranched alkanes of at least 4 members (excludes halogenated alkanes) is 14. The molecule has 6 rings (SSSR count). The van der Waals surface area contributed by atoms with E-state index in [0.717, 1.165) is 55.5 Å². The average Bonchev–Trinajstić information content (AvgIpc) is 3.90. The minimum Gasteiger partial charge on any atom is -0.460 e. The van der Waals surface area contributed by atoms with Crippen LogP contribution in [0.2, 0.25) is 0 Å². The summed E-state index contributed by atoms with van der Waals surface area (Å²) in [6.07, 6.45) is 30.7. The lowest BCUT2D eigenvalue weighted by Crippen LogP contribution is -2.91. The van der Waals surface area contributed by atoms with Crippen molar-refractivity contribution in [3.05, 3.63) is 105 Å². The number of rotatable bonds is 21. The van der Waals surface area contributed by atoms with Crippen molar-refractivity contribution in [2.24, 2.45) is 0 Å². The third-order valence-corrected chi connectivity index (χ3v) is 13.9. The number of carbonyl (C=O) groups is 1. The molecule has 3 N–H and O–H groups in total. The Labute approximate surface area is 357 Å². The van der Waals surface area contributed by atoms with Crippen LogP contribution in [0.5, 0.6) is 0 Å². The van der Waals surface area contributed by atoms with Gasteiger partial charge in [0, 0.05) is 28.5 Å². The van der Waals surface area contributed by atoms with Gasteiger partial charge < -0.3 is 14.9 Å². The molecule has 3 aliphatic heterocycles. The Morgan fingerprint density at radius 2 is 1.09 bits per heavy atom. The summed E-state index contributed by atoms with van der Waals surface area (Å²) >= 11 is 3.65. The van der Waals surface area contributed by atoms with E-state index in [4.69, 9.17) is 0 Å². The second-order valence-electron chi connectivity index (χ2n) is 16.4. The van der Waals surface area contributed by atoms with Crippen LogP contribution in [0.25, 0.3) is 0 Å². The fraction of sp³-hybridized carbons (Fsp3) is 0.510. The van der Waals surface area contributed by atoms with Gasteiger partial charge in [0.15, 0.2) is 5.57 Å². The highest BCUT2D eigenvalue weighted by atomic mass is 32.2. The molecule has 9 heteroatoms. The number of nitrogens with one attached hydrogen (secondary N) is 2. The molecule has 2 aromatic rings. The molecule has 1 atom stereocenters. The van der Waals surface area contributed by atoms with Crippen LogP contribution in [0, 0.1) is 0 Å². The number of benzene rings is 2. The van der Waals surface area contributed by atoms with E-state index in [1.165, 1.54) is 121 Å². The quantitative estimate of drug-likeness (QED) is 0.0855. The Balaban J connectivity index is 1.26. The third kappa shape index (κ3) is 11.5. The molecule has 0 radical (unpaired) electrons. The maximum absolute atomic E-state index is 13.9. The number of carbonyl (C=O) groups excluding carboxylic acids is 1. The van der Waals surface area contributed by atoms with Crippen molar-refractivity contribution in [1.29, 1.82) is 0 Å². The normalized spacial score (nSPS) is 21.9. The first-order valence-corrected chi connectivity index (χ1v) is 24.0. The lowest BCUT2D eigenvalue weighted by atomic mass is 9.97. The van der Waals surface area contributed by atoms with Crippen LogP contribution in [0.1, 0.15) is 129 Å². The molecular weight excluding hydrogens is 755 g/mol. The lowest BCUT2D eigenvalue weighted by Gasteiger charge is -2.22. The predicted molar refractivity (Wildman–Crippen MR) is 247 cm³/mol. The first kappa shape index (κ1) is 43.9. The second kappa shape index (κ2) is 22.6. The summed E-state index contributed by atoms with van der Waals surface area (Å²) in [5, 5.41) is 17.0. The van der Waals surface area contributed by atoms with Gasteiger partial charge in [0.2, 0.25) is 0 Å². The summed E-state index contributed by atoms with van der Waals surface area (Å²) in [6.45, 7) is 6.53. The molecule has 1 fully saturated rings. The zero-order chi connectivity index (χ0) is 40.7. The molecule has 0 aromatic heterocycles. The molecule has 4 aliphatic rings. The topological polar surface area (TPSA) is 73.0 Å². The van der Waals surface area contributed by atoms with E-state index in [-0.39, 0.29) is 11.8 Å². The molecule has 1 amide bonds. The van der Waals surface area contributed by atoms with E-state index in [2.05, 4.69) is 107 Å². The molecular formula is C49H68N5O2S2+. The van der Waals surface area contributed by atoms with Gasteiger partial charge in [-0.2, -0.15) is 4.99 Å². The van der Waals surface area contributed by atoms with Gasteiger partial charge in [0.05, 0.1) is 21.4 Å². The molecule has 1 unspecified atom stereocenters. The van der Waals surface area contributed by atoms with Crippen LogP contribution in [0.15, 0.2) is 115 Å². The number of para-hydroxylation sites is 2. The number of amides is 1. The van der Waals surface area contributed by atoms with Gasteiger partial charge in [-0.15, -0.1) is 0 Å². The first-order chi connectivity index (χ1) is 28.4. The molecule has 3 heterocycles. The van der Waals surface area contributed by atoms with Crippen LogP contribution in [0.4, 0.5) is 11.4 Å². The van der Waals surface area contributed by atoms with Crippen molar-refractivity contribution >= 4 is 46.7 Å². The number of hydrogen-bond acceptors (Lipinski definition) is 6. The number of thioether (sulfide) groups is 2. The highest BCUT2D eigenvalue weighted by molar-refractivity contribution is 8.04. The van der Waals surface area contributed by atoms with Crippen LogP contribution < -0.4 is 20.1 Å². The number of allylic oxidation sites excluding steroid dienone is 7. The van der Waals surface area contributed by atoms with E-state index < -0.39 is 6.29 Å². The molecule has 1 aliphatic carbocycles. The summed E-state index contributed by atoms with van der Waals surface area (Å²) in [5.74, 6) is -0.337. The highest BCUT2D eigenvalue weighted by Crippen LogP contribution is 2.48. The van der Waals surface area contributed by atoms with Gasteiger partial charge in [0.1, 0.15) is 0 Å². The minimum absolute atomic E-state index is 0.0746. The van der Waals surface area contributed by atoms with E-state index in [1.807, 2.05) is 42.5 Å².